The van der Waals surface area contributed by atoms with E-state index < -0.39 is 5.60 Å². The first kappa shape index (κ1) is 21.6. The number of ether oxygens (including phenoxy) is 1. The normalized spacial score (nSPS) is 15.4. The lowest BCUT2D eigenvalue weighted by Gasteiger charge is -2.35. The Morgan fingerprint density at radius 2 is 1.81 bits per heavy atom. The zero-order chi connectivity index (χ0) is 20.0. The molecule has 0 unspecified atom stereocenters. The molecule has 27 heavy (non-hydrogen) atoms. The van der Waals surface area contributed by atoms with E-state index >= 15 is 0 Å². The zero-order valence-electron chi connectivity index (χ0n) is 15.8. The van der Waals surface area contributed by atoms with E-state index in [-0.39, 0.29) is 12.1 Å². The highest BCUT2D eigenvalue weighted by atomic mass is 35.5. The van der Waals surface area contributed by atoms with E-state index in [2.05, 4.69) is 15.5 Å². The summed E-state index contributed by atoms with van der Waals surface area (Å²) < 4.78 is 5.38. The van der Waals surface area contributed by atoms with Crippen LogP contribution in [0.4, 0.5) is 15.3 Å². The van der Waals surface area contributed by atoms with Crippen molar-refractivity contribution in [1.29, 1.82) is 0 Å². The first-order valence-corrected chi connectivity index (χ1v) is 9.60. The van der Waals surface area contributed by atoms with Gasteiger partial charge in [-0.1, -0.05) is 23.2 Å². The molecule has 1 saturated heterocycles. The van der Waals surface area contributed by atoms with Crippen LogP contribution in [-0.2, 0) is 4.74 Å². The van der Waals surface area contributed by atoms with Gasteiger partial charge in [-0.3, -0.25) is 4.90 Å². The lowest BCUT2D eigenvalue weighted by atomic mass is 10.2. The molecule has 0 spiro atoms. The van der Waals surface area contributed by atoms with Gasteiger partial charge in [0, 0.05) is 44.3 Å². The van der Waals surface area contributed by atoms with Gasteiger partial charge in [0.25, 0.3) is 0 Å². The van der Waals surface area contributed by atoms with Crippen molar-refractivity contribution >= 4 is 41.0 Å². The van der Waals surface area contributed by atoms with E-state index in [0.29, 0.717) is 41.9 Å². The average Bonchev–Trinajstić information content (AvgIpc) is 2.56. The maximum absolute atomic E-state index is 12.0. The second-order valence-electron chi connectivity index (χ2n) is 7.31. The van der Waals surface area contributed by atoms with Gasteiger partial charge < -0.3 is 20.3 Å². The number of hydrogen-bond donors (Lipinski definition) is 2. The fourth-order valence-electron chi connectivity index (χ4n) is 2.57. The Bertz CT molecular complexity index is 671. The molecule has 2 rings (SSSR count). The van der Waals surface area contributed by atoms with Crippen LogP contribution in [0, 0.1) is 0 Å². The molecule has 9 heteroatoms. The molecule has 2 N–H and O–H groups in total. The molecule has 0 atom stereocenters. The second kappa shape index (κ2) is 9.48. The van der Waals surface area contributed by atoms with Gasteiger partial charge in [-0.2, -0.15) is 0 Å². The first-order chi connectivity index (χ1) is 12.6. The molecule has 0 aromatic heterocycles. The standard InChI is InChI=1S/C18H26Cl2N4O3/c1-18(2,3)27-17(26)24-10-8-23(9-11-24)7-6-21-16(25)22-15-5-4-13(19)12-14(15)20/h4-5,12H,6-11H2,1-3H3,(H2,21,22,25). The minimum atomic E-state index is -0.488. The minimum absolute atomic E-state index is 0.278. The number of carbonyl (C=O) groups is 2. The van der Waals surface area contributed by atoms with Crippen molar-refractivity contribution in [2.24, 2.45) is 0 Å². The van der Waals surface area contributed by atoms with Crippen LogP contribution in [0.5, 0.6) is 0 Å². The maximum atomic E-state index is 12.0. The van der Waals surface area contributed by atoms with Gasteiger partial charge in [-0.05, 0) is 39.0 Å². The maximum Gasteiger partial charge on any atom is 0.410 e. The van der Waals surface area contributed by atoms with Gasteiger partial charge in [-0.25, -0.2) is 9.59 Å². The fourth-order valence-corrected chi connectivity index (χ4v) is 3.02. The van der Waals surface area contributed by atoms with Crippen LogP contribution in [0.25, 0.3) is 0 Å². The SMILES string of the molecule is CC(C)(C)OC(=O)N1CCN(CCNC(=O)Nc2ccc(Cl)cc2Cl)CC1. The van der Waals surface area contributed by atoms with Gasteiger partial charge in [-0.15, -0.1) is 0 Å². The summed E-state index contributed by atoms with van der Waals surface area (Å²) in [6, 6.07) is 4.56. The molecule has 0 saturated carbocycles. The molecule has 3 amide bonds. The lowest BCUT2D eigenvalue weighted by molar-refractivity contribution is 0.0147. The predicted molar refractivity (Wildman–Crippen MR) is 108 cm³/mol. The van der Waals surface area contributed by atoms with Crippen LogP contribution < -0.4 is 10.6 Å². The predicted octanol–water partition coefficient (Wildman–Crippen LogP) is 3.67. The third kappa shape index (κ3) is 7.44. The average molecular weight is 417 g/mol. The smallest absolute Gasteiger partial charge is 0.410 e. The molecule has 0 bridgehead atoms. The molecule has 0 aliphatic carbocycles. The van der Waals surface area contributed by atoms with E-state index in [1.807, 2.05) is 20.8 Å². The molecule has 7 nitrogen and oxygen atoms in total. The van der Waals surface area contributed by atoms with Crippen molar-refractivity contribution in [2.75, 3.05) is 44.6 Å². The van der Waals surface area contributed by atoms with Crippen LogP contribution in [0.15, 0.2) is 18.2 Å². The Hall–Kier alpha value is -1.70. The molecular formula is C18H26Cl2N4O3. The van der Waals surface area contributed by atoms with Crippen molar-refractivity contribution in [2.45, 2.75) is 26.4 Å². The quantitative estimate of drug-likeness (QED) is 0.784. The largest absolute Gasteiger partial charge is 0.444 e. The molecule has 1 heterocycles. The van der Waals surface area contributed by atoms with Gasteiger partial charge in [0.05, 0.1) is 10.7 Å². The number of amides is 3. The van der Waals surface area contributed by atoms with Crippen molar-refractivity contribution in [3.8, 4) is 0 Å². The number of nitrogens with zero attached hydrogens (tertiary/aromatic N) is 2. The number of carbonyl (C=O) groups excluding carboxylic acids is 2. The zero-order valence-corrected chi connectivity index (χ0v) is 17.4. The van der Waals surface area contributed by atoms with E-state index in [9.17, 15) is 9.59 Å². The van der Waals surface area contributed by atoms with Crippen molar-refractivity contribution in [3.05, 3.63) is 28.2 Å². The van der Waals surface area contributed by atoms with Gasteiger partial charge >= 0.3 is 12.1 Å². The number of anilines is 1. The molecule has 1 aromatic carbocycles. The molecule has 1 aromatic rings. The molecule has 0 radical (unpaired) electrons. The summed E-state index contributed by atoms with van der Waals surface area (Å²) in [5.74, 6) is 0. The van der Waals surface area contributed by atoms with E-state index in [4.69, 9.17) is 27.9 Å². The van der Waals surface area contributed by atoms with Crippen LogP contribution in [0.1, 0.15) is 20.8 Å². The Morgan fingerprint density at radius 3 is 2.41 bits per heavy atom. The summed E-state index contributed by atoms with van der Waals surface area (Å²) in [5.41, 5.74) is 0.0166. The summed E-state index contributed by atoms with van der Waals surface area (Å²) in [4.78, 5) is 27.9. The van der Waals surface area contributed by atoms with Crippen LogP contribution in [0.2, 0.25) is 10.0 Å². The van der Waals surface area contributed by atoms with E-state index in [0.717, 1.165) is 13.1 Å². The number of hydrogen-bond acceptors (Lipinski definition) is 4. The third-order valence-corrected chi connectivity index (χ3v) is 4.46. The summed E-state index contributed by atoms with van der Waals surface area (Å²) in [7, 11) is 0. The molecule has 1 aliphatic heterocycles. The fraction of sp³-hybridized carbons (Fsp3) is 0.556. The van der Waals surface area contributed by atoms with Crippen LogP contribution >= 0.6 is 23.2 Å². The highest BCUT2D eigenvalue weighted by Gasteiger charge is 2.25. The van der Waals surface area contributed by atoms with Crippen molar-refractivity contribution in [1.82, 2.24) is 15.1 Å². The highest BCUT2D eigenvalue weighted by Crippen LogP contribution is 2.25. The van der Waals surface area contributed by atoms with Crippen LogP contribution in [0.3, 0.4) is 0 Å². The summed E-state index contributed by atoms with van der Waals surface area (Å²) in [6.45, 7) is 9.47. The lowest BCUT2D eigenvalue weighted by Crippen LogP contribution is -2.51. The highest BCUT2D eigenvalue weighted by molar-refractivity contribution is 6.36. The summed E-state index contributed by atoms with van der Waals surface area (Å²) in [6.07, 6.45) is -0.278. The monoisotopic (exact) mass is 416 g/mol. The number of piperazine rings is 1. The van der Waals surface area contributed by atoms with Gasteiger partial charge in [0.15, 0.2) is 0 Å². The first-order valence-electron chi connectivity index (χ1n) is 8.84. The Labute approximate surface area is 169 Å². The number of halogens is 2. The molecule has 1 fully saturated rings. The van der Waals surface area contributed by atoms with Gasteiger partial charge in [0.2, 0.25) is 0 Å². The van der Waals surface area contributed by atoms with Crippen LogP contribution in [-0.4, -0.2) is 66.8 Å². The molecule has 1 aliphatic rings. The summed E-state index contributed by atoms with van der Waals surface area (Å²) >= 11 is 11.9. The van der Waals surface area contributed by atoms with E-state index in [1.54, 1.807) is 23.1 Å². The third-order valence-electron chi connectivity index (χ3n) is 3.92. The number of benzene rings is 1. The molecule has 150 valence electrons. The Kier molecular flexibility index (Phi) is 7.59. The second-order valence-corrected chi connectivity index (χ2v) is 8.16. The molecular weight excluding hydrogens is 391 g/mol. The van der Waals surface area contributed by atoms with Crippen molar-refractivity contribution < 1.29 is 14.3 Å². The summed E-state index contributed by atoms with van der Waals surface area (Å²) in [5, 5.41) is 6.38. The van der Waals surface area contributed by atoms with Gasteiger partial charge in [0.1, 0.15) is 5.60 Å². The topological polar surface area (TPSA) is 73.9 Å². The number of rotatable bonds is 4. The van der Waals surface area contributed by atoms with E-state index in [1.165, 1.54) is 0 Å². The Morgan fingerprint density at radius 1 is 1.15 bits per heavy atom. The van der Waals surface area contributed by atoms with Crippen molar-refractivity contribution in [3.63, 3.8) is 0 Å². The number of nitrogens with one attached hydrogen (secondary N) is 2. The minimum Gasteiger partial charge on any atom is -0.444 e. The number of urea groups is 1. The Balaban J connectivity index is 1.66.